The van der Waals surface area contributed by atoms with Crippen LogP contribution < -0.4 is 10.6 Å². The van der Waals surface area contributed by atoms with Gasteiger partial charge < -0.3 is 10.6 Å². The van der Waals surface area contributed by atoms with Crippen LogP contribution in [0.5, 0.6) is 0 Å². The fourth-order valence-electron chi connectivity index (χ4n) is 2.63. The van der Waals surface area contributed by atoms with Crippen LogP contribution >= 0.6 is 11.8 Å². The third-order valence-electron chi connectivity index (χ3n) is 3.66. The number of thioether (sulfide) groups is 1. The van der Waals surface area contributed by atoms with Crippen molar-refractivity contribution in [2.75, 3.05) is 18.8 Å². The number of rotatable bonds is 7. The highest BCUT2D eigenvalue weighted by Crippen LogP contribution is 2.16. The monoisotopic (exact) mass is 278 g/mol. The Morgan fingerprint density at radius 3 is 2.89 bits per heavy atom. The van der Waals surface area contributed by atoms with Crippen LogP contribution in [0.2, 0.25) is 0 Å². The van der Waals surface area contributed by atoms with Gasteiger partial charge in [-0.2, -0.15) is 0 Å². The van der Waals surface area contributed by atoms with Crippen molar-refractivity contribution >= 4 is 11.8 Å². The maximum Gasteiger partial charge on any atom is 0.0106 e. The Hall–Kier alpha value is -0.510. The summed E-state index contributed by atoms with van der Waals surface area (Å²) in [6.45, 7) is 4.61. The second-order valence-electron chi connectivity index (χ2n) is 5.40. The first-order valence-corrected chi connectivity index (χ1v) is 8.48. The molecule has 2 nitrogen and oxygen atoms in total. The maximum atomic E-state index is 3.64. The highest BCUT2D eigenvalue weighted by atomic mass is 32.2. The molecule has 0 amide bonds. The summed E-state index contributed by atoms with van der Waals surface area (Å²) in [5.41, 5.74) is 0. The molecule has 3 heteroatoms. The van der Waals surface area contributed by atoms with Crippen molar-refractivity contribution in [2.24, 2.45) is 0 Å². The Kier molecular flexibility index (Phi) is 6.75. The molecule has 1 aromatic carbocycles. The number of hydrogen-bond acceptors (Lipinski definition) is 3. The van der Waals surface area contributed by atoms with Gasteiger partial charge in [0.25, 0.3) is 0 Å². The predicted octanol–water partition coefficient (Wildman–Crippen LogP) is 3.29. The molecule has 0 bridgehead atoms. The van der Waals surface area contributed by atoms with Gasteiger partial charge in [0, 0.05) is 29.3 Å². The van der Waals surface area contributed by atoms with Crippen molar-refractivity contribution in [3.05, 3.63) is 30.3 Å². The van der Waals surface area contributed by atoms with Gasteiger partial charge in [-0.05, 0) is 44.9 Å². The summed E-state index contributed by atoms with van der Waals surface area (Å²) >= 11 is 1.93. The topological polar surface area (TPSA) is 24.1 Å². The standard InChI is InChI=1S/C16H26N2S/c1-14(13-15-7-5-6-10-18-15)17-11-12-19-16-8-3-2-4-9-16/h2-4,8-9,14-15,17-18H,5-7,10-13H2,1H3. The minimum atomic E-state index is 0.618. The van der Waals surface area contributed by atoms with Gasteiger partial charge in [0.2, 0.25) is 0 Å². The van der Waals surface area contributed by atoms with Gasteiger partial charge in [-0.3, -0.25) is 0 Å². The summed E-state index contributed by atoms with van der Waals surface area (Å²) in [7, 11) is 0. The minimum absolute atomic E-state index is 0.618. The lowest BCUT2D eigenvalue weighted by Gasteiger charge is -2.26. The summed E-state index contributed by atoms with van der Waals surface area (Å²) in [5.74, 6) is 1.15. The van der Waals surface area contributed by atoms with E-state index in [-0.39, 0.29) is 0 Å². The lowest BCUT2D eigenvalue weighted by atomic mass is 9.99. The molecule has 1 heterocycles. The largest absolute Gasteiger partial charge is 0.314 e. The van der Waals surface area contributed by atoms with Crippen molar-refractivity contribution in [2.45, 2.75) is 49.6 Å². The van der Waals surface area contributed by atoms with E-state index in [1.165, 1.54) is 37.1 Å². The smallest absolute Gasteiger partial charge is 0.0106 e. The average molecular weight is 278 g/mol. The zero-order valence-corrected chi connectivity index (χ0v) is 12.7. The third-order valence-corrected chi connectivity index (χ3v) is 4.67. The van der Waals surface area contributed by atoms with E-state index in [0.717, 1.165) is 18.3 Å². The molecule has 0 spiro atoms. The van der Waals surface area contributed by atoms with Crippen LogP contribution in [0.25, 0.3) is 0 Å². The molecule has 0 aromatic heterocycles. The molecule has 1 fully saturated rings. The summed E-state index contributed by atoms with van der Waals surface area (Å²) in [4.78, 5) is 1.37. The van der Waals surface area contributed by atoms with Crippen LogP contribution in [0.15, 0.2) is 35.2 Å². The first kappa shape index (κ1) is 14.9. The van der Waals surface area contributed by atoms with Crippen molar-refractivity contribution in [1.82, 2.24) is 10.6 Å². The van der Waals surface area contributed by atoms with Gasteiger partial charge in [0.05, 0.1) is 0 Å². The molecule has 0 saturated carbocycles. The number of piperidine rings is 1. The molecule has 1 aliphatic heterocycles. The molecule has 1 saturated heterocycles. The molecular formula is C16H26N2S. The highest BCUT2D eigenvalue weighted by Gasteiger charge is 2.15. The quantitative estimate of drug-likeness (QED) is 0.591. The van der Waals surface area contributed by atoms with E-state index in [0.29, 0.717) is 6.04 Å². The Balaban J connectivity index is 1.55. The minimum Gasteiger partial charge on any atom is -0.314 e. The molecule has 0 radical (unpaired) electrons. The number of hydrogen-bond donors (Lipinski definition) is 2. The van der Waals surface area contributed by atoms with Crippen LogP contribution in [-0.2, 0) is 0 Å². The number of benzene rings is 1. The molecule has 2 rings (SSSR count). The Morgan fingerprint density at radius 2 is 2.16 bits per heavy atom. The van der Waals surface area contributed by atoms with E-state index in [4.69, 9.17) is 0 Å². The van der Waals surface area contributed by atoms with E-state index in [1.54, 1.807) is 0 Å². The van der Waals surface area contributed by atoms with Crippen LogP contribution in [0.1, 0.15) is 32.6 Å². The molecule has 1 aromatic rings. The highest BCUT2D eigenvalue weighted by molar-refractivity contribution is 7.99. The summed E-state index contributed by atoms with van der Waals surface area (Å²) in [5, 5.41) is 7.26. The van der Waals surface area contributed by atoms with E-state index in [1.807, 2.05) is 11.8 Å². The molecule has 106 valence electrons. The SMILES string of the molecule is CC(CC1CCCCN1)NCCSc1ccccc1. The van der Waals surface area contributed by atoms with Gasteiger partial charge in [-0.25, -0.2) is 0 Å². The third kappa shape index (κ3) is 5.98. The van der Waals surface area contributed by atoms with E-state index in [2.05, 4.69) is 47.9 Å². The lowest BCUT2D eigenvalue weighted by molar-refractivity contribution is 0.348. The molecule has 2 N–H and O–H groups in total. The van der Waals surface area contributed by atoms with Gasteiger partial charge in [-0.15, -0.1) is 11.8 Å². The van der Waals surface area contributed by atoms with Crippen molar-refractivity contribution < 1.29 is 0 Å². The fraction of sp³-hybridized carbons (Fsp3) is 0.625. The maximum absolute atomic E-state index is 3.64. The van der Waals surface area contributed by atoms with E-state index in [9.17, 15) is 0 Å². The van der Waals surface area contributed by atoms with Gasteiger partial charge in [0.1, 0.15) is 0 Å². The van der Waals surface area contributed by atoms with Crippen LogP contribution in [0.3, 0.4) is 0 Å². The zero-order chi connectivity index (χ0) is 13.3. The lowest BCUT2D eigenvalue weighted by Crippen LogP contribution is -2.40. The van der Waals surface area contributed by atoms with Crippen LogP contribution in [-0.4, -0.2) is 30.9 Å². The van der Waals surface area contributed by atoms with Crippen LogP contribution in [0, 0.1) is 0 Å². The van der Waals surface area contributed by atoms with Crippen molar-refractivity contribution in [3.8, 4) is 0 Å². The van der Waals surface area contributed by atoms with Crippen molar-refractivity contribution in [3.63, 3.8) is 0 Å². The average Bonchev–Trinajstić information content (AvgIpc) is 2.46. The number of nitrogens with one attached hydrogen (secondary N) is 2. The predicted molar refractivity (Wildman–Crippen MR) is 84.9 cm³/mol. The van der Waals surface area contributed by atoms with Crippen LogP contribution in [0.4, 0.5) is 0 Å². The Labute approximate surface area is 121 Å². The first-order valence-electron chi connectivity index (χ1n) is 7.49. The first-order chi connectivity index (χ1) is 9.34. The van der Waals surface area contributed by atoms with Gasteiger partial charge >= 0.3 is 0 Å². The summed E-state index contributed by atoms with van der Waals surface area (Å²) < 4.78 is 0. The van der Waals surface area contributed by atoms with Crippen molar-refractivity contribution in [1.29, 1.82) is 0 Å². The zero-order valence-electron chi connectivity index (χ0n) is 11.9. The molecule has 2 unspecified atom stereocenters. The fourth-order valence-corrected chi connectivity index (χ4v) is 3.43. The van der Waals surface area contributed by atoms with Gasteiger partial charge in [0.15, 0.2) is 0 Å². The van der Waals surface area contributed by atoms with E-state index >= 15 is 0 Å². The Morgan fingerprint density at radius 1 is 1.32 bits per heavy atom. The second kappa shape index (κ2) is 8.62. The molecule has 19 heavy (non-hydrogen) atoms. The molecular weight excluding hydrogens is 252 g/mol. The molecule has 2 atom stereocenters. The molecule has 1 aliphatic rings. The second-order valence-corrected chi connectivity index (χ2v) is 6.57. The van der Waals surface area contributed by atoms with E-state index < -0.39 is 0 Å². The van der Waals surface area contributed by atoms with Gasteiger partial charge in [-0.1, -0.05) is 24.6 Å². The molecule has 0 aliphatic carbocycles. The Bertz CT molecular complexity index is 336. The summed E-state index contributed by atoms with van der Waals surface area (Å²) in [6, 6.07) is 12.0. The summed E-state index contributed by atoms with van der Waals surface area (Å²) in [6.07, 6.45) is 5.36. The normalized spacial score (nSPS) is 21.2.